The van der Waals surface area contributed by atoms with E-state index >= 15 is 0 Å². The fraction of sp³-hybridized carbons (Fsp3) is 0.538. The third-order valence-electron chi connectivity index (χ3n) is 8.56. The molecule has 2 amide bonds. The number of thioether (sulfide) groups is 1. The minimum absolute atomic E-state index is 0.0599. The molecule has 1 aromatic carbocycles. The van der Waals surface area contributed by atoms with Crippen LogP contribution >= 0.6 is 23.1 Å². The highest BCUT2D eigenvalue weighted by Crippen LogP contribution is 2.68. The summed E-state index contributed by atoms with van der Waals surface area (Å²) in [5.74, 6) is -0.523. The highest BCUT2D eigenvalue weighted by molar-refractivity contribution is 8.00. The first-order chi connectivity index (χ1) is 17.4. The van der Waals surface area contributed by atoms with Crippen LogP contribution in [0.3, 0.4) is 0 Å². The maximum Gasteiger partial charge on any atom is 0.305 e. The number of nitrogens with zero attached hydrogens (tertiary/aromatic N) is 1. The maximum absolute atomic E-state index is 13.6. The van der Waals surface area contributed by atoms with Gasteiger partial charge in [-0.3, -0.25) is 24.1 Å². The number of benzene rings is 1. The predicted octanol–water partition coefficient (Wildman–Crippen LogP) is 3.56. The van der Waals surface area contributed by atoms with Crippen molar-refractivity contribution < 1.29 is 24.2 Å². The topological polar surface area (TPSA) is 117 Å². The number of likely N-dealkylation sites (tertiary alicyclic amines) is 1. The highest BCUT2D eigenvalue weighted by atomic mass is 32.2. The maximum atomic E-state index is 13.6. The SMILES string of the molecule is COc1ccccc1[C@H]1c2sc(=O)[nH]c2S[C@@H]2[C@@H]3C[C@H]([C@H]4C(=O)N(CCCCCC(=O)O)C(=O)[C@H]34)[C@H]12. The first-order valence-electron chi connectivity index (χ1n) is 12.5. The lowest BCUT2D eigenvalue weighted by molar-refractivity contribution is -0.141. The number of hydrogen-bond donors (Lipinski definition) is 2. The Balaban J connectivity index is 1.31. The van der Waals surface area contributed by atoms with Gasteiger partial charge in [-0.15, -0.1) is 11.8 Å². The number of carbonyl (C=O) groups is 3. The molecule has 10 heteroatoms. The number of aliphatic carboxylic acids is 1. The number of amides is 2. The number of imide groups is 1. The van der Waals surface area contributed by atoms with Crippen molar-refractivity contribution in [2.75, 3.05) is 13.7 Å². The number of methoxy groups -OCH3 is 1. The van der Waals surface area contributed by atoms with E-state index in [4.69, 9.17) is 9.84 Å². The molecule has 2 N–H and O–H groups in total. The van der Waals surface area contributed by atoms with Crippen LogP contribution in [0.1, 0.15) is 48.5 Å². The predicted molar refractivity (Wildman–Crippen MR) is 134 cm³/mol. The number of ether oxygens (including phenoxy) is 1. The number of thiazole rings is 1. The molecule has 0 unspecified atom stereocenters. The van der Waals surface area contributed by atoms with Crippen LogP contribution < -0.4 is 9.61 Å². The van der Waals surface area contributed by atoms with Gasteiger partial charge in [0.05, 0.1) is 24.0 Å². The second-order valence-corrected chi connectivity index (χ2v) is 12.4. The van der Waals surface area contributed by atoms with Crippen LogP contribution in [0.2, 0.25) is 0 Å². The second-order valence-electron chi connectivity index (χ2n) is 10.2. The van der Waals surface area contributed by atoms with E-state index < -0.39 is 5.97 Å². The Morgan fingerprint density at radius 1 is 1.11 bits per heavy atom. The Hall–Kier alpha value is -2.59. The summed E-state index contributed by atoms with van der Waals surface area (Å²) in [5.41, 5.74) is 1.03. The Morgan fingerprint density at radius 2 is 1.86 bits per heavy atom. The number of carboxylic acid groups (broad SMARTS) is 1. The Kier molecular flexibility index (Phi) is 5.99. The summed E-state index contributed by atoms with van der Waals surface area (Å²) in [4.78, 5) is 55.6. The van der Waals surface area contributed by atoms with Gasteiger partial charge in [-0.1, -0.05) is 36.0 Å². The summed E-state index contributed by atoms with van der Waals surface area (Å²) >= 11 is 2.92. The molecule has 190 valence electrons. The molecule has 0 spiro atoms. The zero-order chi connectivity index (χ0) is 25.1. The van der Waals surface area contributed by atoms with Gasteiger partial charge in [-0.05, 0) is 43.1 Å². The number of para-hydroxylation sites is 1. The van der Waals surface area contributed by atoms with Crippen molar-refractivity contribution in [2.45, 2.75) is 48.3 Å². The minimum Gasteiger partial charge on any atom is -0.496 e. The number of fused-ring (bicyclic) bond motifs is 9. The van der Waals surface area contributed by atoms with E-state index in [-0.39, 0.29) is 63.9 Å². The molecular formula is C26H28N2O6S2. The van der Waals surface area contributed by atoms with Crippen molar-refractivity contribution in [3.8, 4) is 5.75 Å². The lowest BCUT2D eigenvalue weighted by Gasteiger charge is -2.43. The van der Waals surface area contributed by atoms with Gasteiger partial charge >= 0.3 is 10.8 Å². The van der Waals surface area contributed by atoms with Crippen molar-refractivity contribution in [1.29, 1.82) is 0 Å². The average molecular weight is 529 g/mol. The smallest absolute Gasteiger partial charge is 0.305 e. The minimum atomic E-state index is -0.825. The molecule has 2 saturated carbocycles. The zero-order valence-corrected chi connectivity index (χ0v) is 21.5. The normalized spacial score (nSPS) is 31.9. The second kappa shape index (κ2) is 9.06. The summed E-state index contributed by atoms with van der Waals surface area (Å²) in [5, 5.41) is 9.87. The van der Waals surface area contributed by atoms with Crippen LogP contribution in [0, 0.1) is 29.6 Å². The molecular weight excluding hydrogens is 500 g/mol. The van der Waals surface area contributed by atoms with Crippen molar-refractivity contribution >= 4 is 40.9 Å². The van der Waals surface area contributed by atoms with Gasteiger partial charge in [0.1, 0.15) is 5.75 Å². The quantitative estimate of drug-likeness (QED) is 0.397. The Morgan fingerprint density at radius 3 is 2.61 bits per heavy atom. The number of carbonyl (C=O) groups excluding carboxylic acids is 2. The van der Waals surface area contributed by atoms with E-state index in [9.17, 15) is 19.2 Å². The zero-order valence-electron chi connectivity index (χ0n) is 19.8. The third kappa shape index (κ3) is 3.55. The number of aromatic nitrogens is 1. The van der Waals surface area contributed by atoms with Crippen molar-refractivity contribution in [2.24, 2.45) is 29.6 Å². The van der Waals surface area contributed by atoms with Gasteiger partial charge in [-0.25, -0.2) is 0 Å². The van der Waals surface area contributed by atoms with Crippen LogP contribution in [0.25, 0.3) is 0 Å². The van der Waals surface area contributed by atoms with Crippen LogP contribution in [0.4, 0.5) is 0 Å². The summed E-state index contributed by atoms with van der Waals surface area (Å²) in [7, 11) is 1.65. The van der Waals surface area contributed by atoms with Crippen LogP contribution in [0.15, 0.2) is 34.1 Å². The first-order valence-corrected chi connectivity index (χ1v) is 14.2. The van der Waals surface area contributed by atoms with E-state index in [0.717, 1.165) is 27.6 Å². The molecule has 8 nitrogen and oxygen atoms in total. The van der Waals surface area contributed by atoms with E-state index in [1.165, 1.54) is 16.2 Å². The number of nitrogens with one attached hydrogen (secondary N) is 1. The summed E-state index contributed by atoms with van der Waals surface area (Å²) < 4.78 is 5.71. The number of rotatable bonds is 8. The van der Waals surface area contributed by atoms with E-state index in [2.05, 4.69) is 11.1 Å². The first kappa shape index (κ1) is 23.8. The fourth-order valence-electron chi connectivity index (χ4n) is 7.29. The lowest BCUT2D eigenvalue weighted by Crippen LogP contribution is -2.42. The largest absolute Gasteiger partial charge is 0.496 e. The van der Waals surface area contributed by atoms with Gasteiger partial charge in [0.2, 0.25) is 11.8 Å². The van der Waals surface area contributed by atoms with Gasteiger partial charge < -0.3 is 14.8 Å². The van der Waals surface area contributed by atoms with Crippen LogP contribution in [-0.2, 0) is 14.4 Å². The number of hydrogen-bond acceptors (Lipinski definition) is 7. The van der Waals surface area contributed by atoms with Gasteiger partial charge in [0.25, 0.3) is 0 Å². The number of unbranched alkanes of at least 4 members (excludes halogenated alkanes) is 2. The molecule has 2 aliphatic heterocycles. The van der Waals surface area contributed by atoms with Gasteiger partial charge in [0, 0.05) is 34.6 Å². The molecule has 36 heavy (non-hydrogen) atoms. The van der Waals surface area contributed by atoms with E-state index in [1.54, 1.807) is 18.9 Å². The average Bonchev–Trinajstić information content (AvgIpc) is 3.58. The van der Waals surface area contributed by atoms with Gasteiger partial charge in [-0.2, -0.15) is 0 Å². The standard InChI is InChI=1S/C26H28N2O6S2/c1-34-15-8-5-4-7-12(15)17-18-13-11-14(21(18)35-23-22(17)36-26(33)27-23)20-19(13)24(31)28(25(20)32)10-6-2-3-9-16(29)30/h4-5,7-8,13-14,17-21H,2-3,6,9-11H2,1H3,(H,27,33)(H,29,30)/t13-,14+,17+,18+,19+,20+,21+/m0/s1. The number of aromatic amines is 1. The molecule has 2 aliphatic carbocycles. The summed E-state index contributed by atoms with van der Waals surface area (Å²) in [6.07, 6.45) is 2.81. The molecule has 7 atom stereocenters. The van der Waals surface area contributed by atoms with E-state index in [1.807, 2.05) is 18.2 Å². The molecule has 3 heterocycles. The number of H-pyrrole nitrogens is 1. The molecule has 2 bridgehead atoms. The van der Waals surface area contributed by atoms with Crippen LogP contribution in [0.5, 0.6) is 5.75 Å². The number of carboxylic acids is 1. The molecule has 0 radical (unpaired) electrons. The van der Waals surface area contributed by atoms with Gasteiger partial charge in [0.15, 0.2) is 0 Å². The van der Waals surface area contributed by atoms with Crippen molar-refractivity contribution in [1.82, 2.24) is 9.88 Å². The third-order valence-corrected chi connectivity index (χ3v) is 11.1. The monoisotopic (exact) mass is 528 g/mol. The highest BCUT2D eigenvalue weighted by Gasteiger charge is 2.69. The molecule has 3 fully saturated rings. The van der Waals surface area contributed by atoms with Crippen LogP contribution in [-0.4, -0.2) is 51.7 Å². The summed E-state index contributed by atoms with van der Waals surface area (Å²) in [6.45, 7) is 0.364. The molecule has 6 rings (SSSR count). The molecule has 4 aliphatic rings. The molecule has 1 aromatic heterocycles. The van der Waals surface area contributed by atoms with E-state index in [0.29, 0.717) is 25.8 Å². The Labute approximate surface area is 216 Å². The summed E-state index contributed by atoms with van der Waals surface area (Å²) in [6, 6.07) is 7.91. The lowest BCUT2D eigenvalue weighted by atomic mass is 9.68. The Bertz CT molecular complexity index is 1290. The molecule has 2 aromatic rings. The molecule has 1 saturated heterocycles. The fourth-order valence-corrected chi connectivity index (χ4v) is 10.2. The van der Waals surface area contributed by atoms with Crippen molar-refractivity contribution in [3.63, 3.8) is 0 Å². The van der Waals surface area contributed by atoms with Crippen molar-refractivity contribution in [3.05, 3.63) is 44.4 Å².